The molecule has 1 aromatic rings. The second-order valence-corrected chi connectivity index (χ2v) is 5.13. The van der Waals surface area contributed by atoms with Crippen molar-refractivity contribution in [1.82, 2.24) is 5.32 Å². The molecule has 1 heterocycles. The van der Waals surface area contributed by atoms with E-state index in [-0.39, 0.29) is 0 Å². The Balaban J connectivity index is 2.38. The van der Waals surface area contributed by atoms with E-state index in [1.54, 1.807) is 11.3 Å². The molecule has 12 heavy (non-hydrogen) atoms. The molecule has 0 fully saturated rings. The lowest BCUT2D eigenvalue weighted by Crippen LogP contribution is -2.26. The molecule has 1 nitrogen and oxygen atoms in total. The quantitative estimate of drug-likeness (QED) is 0.840. The Labute approximate surface area is 93.8 Å². The molecule has 0 saturated carbocycles. The highest BCUT2D eigenvalue weighted by Gasteiger charge is 2.02. The molecule has 0 radical (unpaired) electrons. The minimum atomic E-state index is 0.527. The lowest BCUT2D eigenvalue weighted by molar-refractivity contribution is 0.602. The van der Waals surface area contributed by atoms with E-state index < -0.39 is 0 Å². The van der Waals surface area contributed by atoms with E-state index in [0.717, 1.165) is 11.9 Å². The molecule has 1 aromatic heterocycles. The fourth-order valence-electron chi connectivity index (χ4n) is 0.773. The molecule has 0 aliphatic heterocycles. The molecule has 0 bridgehead atoms. The van der Waals surface area contributed by atoms with E-state index in [1.165, 1.54) is 9.35 Å². The van der Waals surface area contributed by atoms with Gasteiger partial charge in [-0.3, -0.25) is 0 Å². The minimum Gasteiger partial charge on any atom is -0.309 e. The van der Waals surface area contributed by atoms with Crippen LogP contribution in [0.15, 0.2) is 15.9 Å². The molecule has 4 heteroatoms. The molecule has 68 valence electrons. The van der Waals surface area contributed by atoms with Crippen molar-refractivity contribution in [1.29, 1.82) is 0 Å². The summed E-state index contributed by atoms with van der Waals surface area (Å²) in [5.41, 5.74) is 0. The summed E-state index contributed by atoms with van der Waals surface area (Å²) in [4.78, 5) is 1.36. The number of nitrogens with one attached hydrogen (secondary N) is 1. The summed E-state index contributed by atoms with van der Waals surface area (Å²) in [6, 6.07) is 2.61. The van der Waals surface area contributed by atoms with E-state index in [0.29, 0.717) is 6.04 Å². The highest BCUT2D eigenvalue weighted by molar-refractivity contribution is 9.10. The number of rotatable bonds is 4. The van der Waals surface area contributed by atoms with E-state index >= 15 is 0 Å². The van der Waals surface area contributed by atoms with Crippen LogP contribution >= 0.6 is 43.2 Å². The van der Waals surface area contributed by atoms with Gasteiger partial charge in [0.15, 0.2) is 0 Å². The summed E-state index contributed by atoms with van der Waals surface area (Å²) in [7, 11) is 0. The zero-order chi connectivity index (χ0) is 8.97. The van der Waals surface area contributed by atoms with E-state index in [1.807, 2.05) is 0 Å². The van der Waals surface area contributed by atoms with Gasteiger partial charge in [-0.05, 0) is 34.3 Å². The maximum absolute atomic E-state index is 3.50. The summed E-state index contributed by atoms with van der Waals surface area (Å²) in [6.45, 7) is 3.11. The number of hydrogen-bond donors (Lipinski definition) is 1. The van der Waals surface area contributed by atoms with Gasteiger partial charge in [0.2, 0.25) is 0 Å². The van der Waals surface area contributed by atoms with E-state index in [4.69, 9.17) is 0 Å². The summed E-state index contributed by atoms with van der Waals surface area (Å²) >= 11 is 8.70. The Hall–Kier alpha value is 0.620. The number of halogens is 2. The third-order valence-electron chi connectivity index (χ3n) is 1.53. The van der Waals surface area contributed by atoms with Crippen molar-refractivity contribution < 1.29 is 0 Å². The summed E-state index contributed by atoms with van der Waals surface area (Å²) in [5, 5.41) is 6.50. The molecular formula is C8H11Br2NS. The van der Waals surface area contributed by atoms with Crippen molar-refractivity contribution in [2.75, 3.05) is 5.33 Å². The molecule has 0 spiro atoms. The van der Waals surface area contributed by atoms with Gasteiger partial charge in [0.05, 0.1) is 0 Å². The van der Waals surface area contributed by atoms with Crippen LogP contribution in [-0.2, 0) is 6.54 Å². The summed E-state index contributed by atoms with van der Waals surface area (Å²) in [5.74, 6) is 0. The summed E-state index contributed by atoms with van der Waals surface area (Å²) < 4.78 is 1.21. The zero-order valence-corrected chi connectivity index (χ0v) is 10.8. The standard InChI is InChI=1S/C8H11Br2NS/c1-6(4-9)11-5-8-7(10)2-3-12-8/h2-3,6,11H,4-5H2,1H3. The topological polar surface area (TPSA) is 12.0 Å². The van der Waals surface area contributed by atoms with Crippen molar-refractivity contribution in [2.45, 2.75) is 19.5 Å². The molecule has 1 N–H and O–H groups in total. The Kier molecular flexibility index (Phi) is 4.79. The highest BCUT2D eigenvalue weighted by Crippen LogP contribution is 2.22. The Bertz CT molecular complexity index is 237. The van der Waals surface area contributed by atoms with Crippen LogP contribution < -0.4 is 5.32 Å². The largest absolute Gasteiger partial charge is 0.309 e. The third kappa shape index (κ3) is 3.17. The molecule has 1 unspecified atom stereocenters. The van der Waals surface area contributed by atoms with Gasteiger partial charge in [0.1, 0.15) is 0 Å². The monoisotopic (exact) mass is 311 g/mol. The van der Waals surface area contributed by atoms with Gasteiger partial charge in [-0.15, -0.1) is 11.3 Å². The number of hydrogen-bond acceptors (Lipinski definition) is 2. The molecule has 0 saturated heterocycles. The Morgan fingerprint density at radius 3 is 2.92 bits per heavy atom. The van der Waals surface area contributed by atoms with E-state index in [2.05, 4.69) is 55.5 Å². The molecule has 0 amide bonds. The van der Waals surface area contributed by atoms with Crippen LogP contribution in [0.25, 0.3) is 0 Å². The molecule has 0 aliphatic carbocycles. The van der Waals surface area contributed by atoms with Crippen LogP contribution in [0.3, 0.4) is 0 Å². The van der Waals surface area contributed by atoms with Crippen LogP contribution in [0.2, 0.25) is 0 Å². The molecule has 1 atom stereocenters. The normalized spacial score (nSPS) is 13.2. The molecule has 1 rings (SSSR count). The van der Waals surface area contributed by atoms with Crippen molar-refractivity contribution >= 4 is 43.2 Å². The maximum atomic E-state index is 3.50. The lowest BCUT2D eigenvalue weighted by Gasteiger charge is -2.08. The number of thiophene rings is 1. The molecule has 0 aliphatic rings. The predicted molar refractivity (Wildman–Crippen MR) is 62.1 cm³/mol. The van der Waals surface area contributed by atoms with Crippen LogP contribution in [0, 0.1) is 0 Å². The van der Waals surface area contributed by atoms with Gasteiger partial charge >= 0.3 is 0 Å². The van der Waals surface area contributed by atoms with Gasteiger partial charge in [-0.2, -0.15) is 0 Å². The molecule has 0 aromatic carbocycles. The summed E-state index contributed by atoms with van der Waals surface area (Å²) in [6.07, 6.45) is 0. The van der Waals surface area contributed by atoms with Crippen molar-refractivity contribution in [3.63, 3.8) is 0 Å². The van der Waals surface area contributed by atoms with Gasteiger partial charge in [-0.25, -0.2) is 0 Å². The van der Waals surface area contributed by atoms with Crippen molar-refractivity contribution in [3.05, 3.63) is 20.8 Å². The SMILES string of the molecule is CC(CBr)NCc1sccc1Br. The average molecular weight is 313 g/mol. The smallest absolute Gasteiger partial charge is 0.0327 e. The average Bonchev–Trinajstić information content (AvgIpc) is 2.47. The van der Waals surface area contributed by atoms with Gasteiger partial charge in [0, 0.05) is 27.3 Å². The fraction of sp³-hybridized carbons (Fsp3) is 0.500. The first-order valence-electron chi connectivity index (χ1n) is 3.75. The van der Waals surface area contributed by atoms with Gasteiger partial charge in [0.25, 0.3) is 0 Å². The predicted octanol–water partition coefficient (Wildman–Crippen LogP) is 3.38. The van der Waals surface area contributed by atoms with Crippen LogP contribution in [0.1, 0.15) is 11.8 Å². The second kappa shape index (κ2) is 5.37. The minimum absolute atomic E-state index is 0.527. The van der Waals surface area contributed by atoms with Gasteiger partial charge in [-0.1, -0.05) is 15.9 Å². The first-order valence-corrected chi connectivity index (χ1v) is 6.54. The second-order valence-electron chi connectivity index (χ2n) is 2.63. The third-order valence-corrected chi connectivity index (χ3v) is 4.43. The first kappa shape index (κ1) is 10.7. The van der Waals surface area contributed by atoms with Crippen LogP contribution in [0.5, 0.6) is 0 Å². The highest BCUT2D eigenvalue weighted by atomic mass is 79.9. The van der Waals surface area contributed by atoms with Crippen LogP contribution in [0.4, 0.5) is 0 Å². The van der Waals surface area contributed by atoms with Crippen molar-refractivity contribution in [3.8, 4) is 0 Å². The Morgan fingerprint density at radius 2 is 2.42 bits per heavy atom. The molecular weight excluding hydrogens is 302 g/mol. The van der Waals surface area contributed by atoms with E-state index in [9.17, 15) is 0 Å². The van der Waals surface area contributed by atoms with Crippen LogP contribution in [-0.4, -0.2) is 11.4 Å². The number of alkyl halides is 1. The lowest BCUT2D eigenvalue weighted by atomic mass is 10.4. The Morgan fingerprint density at radius 1 is 1.67 bits per heavy atom. The zero-order valence-electron chi connectivity index (χ0n) is 6.81. The fourth-order valence-corrected chi connectivity index (χ4v) is 2.45. The first-order chi connectivity index (χ1) is 5.74. The van der Waals surface area contributed by atoms with Gasteiger partial charge < -0.3 is 5.32 Å². The maximum Gasteiger partial charge on any atom is 0.0327 e. The van der Waals surface area contributed by atoms with Crippen molar-refractivity contribution in [2.24, 2.45) is 0 Å².